The molecule has 1 aromatic carbocycles. The second-order valence-electron chi connectivity index (χ2n) is 4.38. The molecule has 1 aromatic heterocycles. The lowest BCUT2D eigenvalue weighted by Gasteiger charge is -2.08. The van der Waals surface area contributed by atoms with Gasteiger partial charge < -0.3 is 9.47 Å². The van der Waals surface area contributed by atoms with E-state index in [2.05, 4.69) is 34.0 Å². The average molecular weight is 309 g/mol. The van der Waals surface area contributed by atoms with Gasteiger partial charge in [-0.05, 0) is 37.6 Å². The SMILES string of the molecule is Cc1cc(C)n(Cc2cc3c(cc2Br)OCO3)n1. The Balaban J connectivity index is 1.95. The largest absolute Gasteiger partial charge is 0.454 e. The minimum atomic E-state index is 0.297. The second-order valence-corrected chi connectivity index (χ2v) is 5.24. The molecule has 0 fully saturated rings. The van der Waals surface area contributed by atoms with Crippen molar-refractivity contribution in [3.8, 4) is 11.5 Å². The second kappa shape index (κ2) is 4.31. The molecule has 0 amide bonds. The number of aromatic nitrogens is 2. The topological polar surface area (TPSA) is 36.3 Å². The van der Waals surface area contributed by atoms with Crippen LogP contribution in [0.4, 0.5) is 0 Å². The molecule has 2 heterocycles. The number of hydrogen-bond acceptors (Lipinski definition) is 3. The van der Waals surface area contributed by atoms with Crippen molar-refractivity contribution in [1.29, 1.82) is 0 Å². The van der Waals surface area contributed by atoms with E-state index in [0.29, 0.717) is 6.79 Å². The van der Waals surface area contributed by atoms with Gasteiger partial charge in [-0.15, -0.1) is 0 Å². The number of benzene rings is 1. The van der Waals surface area contributed by atoms with E-state index in [1.54, 1.807) is 0 Å². The Morgan fingerprint density at radius 3 is 2.61 bits per heavy atom. The van der Waals surface area contributed by atoms with E-state index in [1.165, 1.54) is 0 Å². The number of aryl methyl sites for hydroxylation is 2. The molecule has 0 bridgehead atoms. The Labute approximate surface area is 114 Å². The van der Waals surface area contributed by atoms with E-state index in [0.717, 1.165) is 39.5 Å². The molecule has 94 valence electrons. The van der Waals surface area contributed by atoms with Crippen LogP contribution in [0.25, 0.3) is 0 Å². The summed E-state index contributed by atoms with van der Waals surface area (Å²) in [6.07, 6.45) is 0. The maximum Gasteiger partial charge on any atom is 0.231 e. The van der Waals surface area contributed by atoms with Gasteiger partial charge in [0, 0.05) is 10.2 Å². The Kier molecular flexibility index (Phi) is 2.78. The van der Waals surface area contributed by atoms with Crippen molar-refractivity contribution in [3.63, 3.8) is 0 Å². The van der Waals surface area contributed by atoms with Crippen LogP contribution >= 0.6 is 15.9 Å². The third kappa shape index (κ3) is 1.99. The van der Waals surface area contributed by atoms with Crippen LogP contribution in [0.3, 0.4) is 0 Å². The highest BCUT2D eigenvalue weighted by Crippen LogP contribution is 2.37. The van der Waals surface area contributed by atoms with Crippen LogP contribution in [-0.2, 0) is 6.54 Å². The summed E-state index contributed by atoms with van der Waals surface area (Å²) in [5.74, 6) is 1.59. The number of fused-ring (bicyclic) bond motifs is 1. The fraction of sp³-hybridized carbons (Fsp3) is 0.308. The van der Waals surface area contributed by atoms with Gasteiger partial charge >= 0.3 is 0 Å². The molecule has 1 aliphatic heterocycles. The van der Waals surface area contributed by atoms with Gasteiger partial charge in [0.1, 0.15) is 0 Å². The normalized spacial score (nSPS) is 13.1. The quantitative estimate of drug-likeness (QED) is 0.855. The zero-order chi connectivity index (χ0) is 12.7. The summed E-state index contributed by atoms with van der Waals surface area (Å²) in [7, 11) is 0. The predicted octanol–water partition coefficient (Wildman–Crippen LogP) is 3.04. The van der Waals surface area contributed by atoms with Crippen LogP contribution in [0.1, 0.15) is 17.0 Å². The average Bonchev–Trinajstić information content (AvgIpc) is 2.86. The van der Waals surface area contributed by atoms with Crippen molar-refractivity contribution in [2.75, 3.05) is 6.79 Å². The highest BCUT2D eigenvalue weighted by Gasteiger charge is 2.16. The number of nitrogens with zero attached hydrogens (tertiary/aromatic N) is 2. The Morgan fingerprint density at radius 2 is 1.94 bits per heavy atom. The fourth-order valence-electron chi connectivity index (χ4n) is 2.08. The third-order valence-electron chi connectivity index (χ3n) is 2.97. The monoisotopic (exact) mass is 308 g/mol. The van der Waals surface area contributed by atoms with Crippen molar-refractivity contribution in [1.82, 2.24) is 9.78 Å². The molecule has 1 aliphatic rings. The lowest BCUT2D eigenvalue weighted by molar-refractivity contribution is 0.174. The molecule has 0 saturated carbocycles. The van der Waals surface area contributed by atoms with Crippen LogP contribution in [0.15, 0.2) is 22.7 Å². The first kappa shape index (κ1) is 11.6. The van der Waals surface area contributed by atoms with Crippen LogP contribution in [-0.4, -0.2) is 16.6 Å². The molecule has 0 atom stereocenters. The first-order chi connectivity index (χ1) is 8.63. The lowest BCUT2D eigenvalue weighted by Crippen LogP contribution is -2.04. The summed E-state index contributed by atoms with van der Waals surface area (Å²) in [4.78, 5) is 0. The van der Waals surface area contributed by atoms with E-state index < -0.39 is 0 Å². The first-order valence-corrected chi connectivity index (χ1v) is 6.52. The van der Waals surface area contributed by atoms with Crippen LogP contribution in [0.2, 0.25) is 0 Å². The summed E-state index contributed by atoms with van der Waals surface area (Å²) >= 11 is 3.56. The molecular formula is C13H13BrN2O2. The lowest BCUT2D eigenvalue weighted by atomic mass is 10.2. The zero-order valence-electron chi connectivity index (χ0n) is 10.2. The highest BCUT2D eigenvalue weighted by atomic mass is 79.9. The molecule has 4 nitrogen and oxygen atoms in total. The van der Waals surface area contributed by atoms with Crippen molar-refractivity contribution in [2.24, 2.45) is 0 Å². The van der Waals surface area contributed by atoms with Gasteiger partial charge in [0.2, 0.25) is 6.79 Å². The molecule has 18 heavy (non-hydrogen) atoms. The Bertz CT molecular complexity index is 607. The summed E-state index contributed by atoms with van der Waals surface area (Å²) < 4.78 is 13.7. The minimum absolute atomic E-state index is 0.297. The molecule has 0 unspecified atom stereocenters. The summed E-state index contributed by atoms with van der Waals surface area (Å²) in [5.41, 5.74) is 3.31. The van der Waals surface area contributed by atoms with Gasteiger partial charge in [-0.1, -0.05) is 15.9 Å². The standard InChI is InChI=1S/C13H13BrN2O2/c1-8-3-9(2)16(15-8)6-10-4-12-13(5-11(10)14)18-7-17-12/h3-5H,6-7H2,1-2H3. The maximum atomic E-state index is 5.39. The number of hydrogen-bond donors (Lipinski definition) is 0. The van der Waals surface area contributed by atoms with Gasteiger partial charge in [-0.25, -0.2) is 0 Å². The molecule has 0 radical (unpaired) electrons. The van der Waals surface area contributed by atoms with E-state index in [-0.39, 0.29) is 0 Å². The van der Waals surface area contributed by atoms with E-state index >= 15 is 0 Å². The van der Waals surface area contributed by atoms with Gasteiger partial charge in [0.05, 0.1) is 12.2 Å². The van der Waals surface area contributed by atoms with Crippen molar-refractivity contribution >= 4 is 15.9 Å². The maximum absolute atomic E-state index is 5.39. The molecule has 2 aromatic rings. The van der Waals surface area contributed by atoms with Crippen molar-refractivity contribution < 1.29 is 9.47 Å². The summed E-state index contributed by atoms with van der Waals surface area (Å²) in [6.45, 7) is 5.07. The summed E-state index contributed by atoms with van der Waals surface area (Å²) in [6, 6.07) is 6.02. The number of halogens is 1. The molecule has 0 N–H and O–H groups in total. The zero-order valence-corrected chi connectivity index (χ0v) is 11.8. The highest BCUT2D eigenvalue weighted by molar-refractivity contribution is 9.10. The van der Waals surface area contributed by atoms with Crippen molar-refractivity contribution in [3.05, 3.63) is 39.6 Å². The number of ether oxygens (including phenoxy) is 2. The predicted molar refractivity (Wildman–Crippen MR) is 71.1 cm³/mol. The van der Waals surface area contributed by atoms with Crippen molar-refractivity contribution in [2.45, 2.75) is 20.4 Å². The summed E-state index contributed by atoms with van der Waals surface area (Å²) in [5, 5.41) is 4.46. The molecule has 0 aliphatic carbocycles. The molecule has 0 spiro atoms. The minimum Gasteiger partial charge on any atom is -0.454 e. The van der Waals surface area contributed by atoms with Crippen LogP contribution in [0, 0.1) is 13.8 Å². The Hall–Kier alpha value is -1.49. The van der Waals surface area contributed by atoms with Gasteiger partial charge in [-0.3, -0.25) is 4.68 Å². The molecular weight excluding hydrogens is 296 g/mol. The first-order valence-electron chi connectivity index (χ1n) is 5.72. The third-order valence-corrected chi connectivity index (χ3v) is 3.70. The molecule has 5 heteroatoms. The van der Waals surface area contributed by atoms with Crippen LogP contribution in [0.5, 0.6) is 11.5 Å². The number of rotatable bonds is 2. The van der Waals surface area contributed by atoms with Crippen LogP contribution < -0.4 is 9.47 Å². The Morgan fingerprint density at radius 1 is 1.22 bits per heavy atom. The van der Waals surface area contributed by atoms with E-state index in [4.69, 9.17) is 9.47 Å². The van der Waals surface area contributed by atoms with E-state index in [9.17, 15) is 0 Å². The van der Waals surface area contributed by atoms with Gasteiger partial charge in [0.15, 0.2) is 11.5 Å². The van der Waals surface area contributed by atoms with E-state index in [1.807, 2.05) is 23.7 Å². The molecule has 3 rings (SSSR count). The van der Waals surface area contributed by atoms with Gasteiger partial charge in [-0.2, -0.15) is 5.10 Å². The fourth-order valence-corrected chi connectivity index (χ4v) is 2.52. The smallest absolute Gasteiger partial charge is 0.231 e. The van der Waals surface area contributed by atoms with Gasteiger partial charge in [0.25, 0.3) is 0 Å². The molecule has 0 saturated heterocycles.